The Morgan fingerprint density at radius 1 is 1.07 bits per heavy atom. The van der Waals surface area contributed by atoms with Gasteiger partial charge >= 0.3 is 0 Å². The van der Waals surface area contributed by atoms with Crippen molar-refractivity contribution in [3.05, 3.63) is 48.3 Å². The molecule has 1 saturated heterocycles. The highest BCUT2D eigenvalue weighted by atomic mass is 19.1. The number of nitrogens with zero attached hydrogens (tertiary/aromatic N) is 3. The second kappa shape index (κ2) is 11.1. The van der Waals surface area contributed by atoms with Gasteiger partial charge < -0.3 is 25.0 Å². The first-order valence-corrected chi connectivity index (χ1v) is 14.0. The maximum atomic E-state index is 15.1. The fourth-order valence-corrected chi connectivity index (χ4v) is 5.54. The van der Waals surface area contributed by atoms with Gasteiger partial charge in [0, 0.05) is 37.6 Å². The number of pyridine rings is 2. The van der Waals surface area contributed by atoms with Crippen LogP contribution in [-0.4, -0.2) is 66.3 Å². The fraction of sp³-hybridized carbons (Fsp3) is 0.517. The molecule has 40 heavy (non-hydrogen) atoms. The minimum atomic E-state index is -1.12. The number of fused-ring (bicyclic) bond motifs is 1. The third-order valence-corrected chi connectivity index (χ3v) is 8.20. The zero-order valence-corrected chi connectivity index (χ0v) is 22.2. The summed E-state index contributed by atoms with van der Waals surface area (Å²) in [5.41, 5.74) is -0.439. The maximum absolute atomic E-state index is 15.1. The molecular weight excluding hydrogens is 520 g/mol. The van der Waals surface area contributed by atoms with Crippen molar-refractivity contribution in [2.24, 2.45) is 5.41 Å². The lowest BCUT2D eigenvalue weighted by Gasteiger charge is -2.28. The first kappa shape index (κ1) is 26.6. The van der Waals surface area contributed by atoms with Crippen LogP contribution in [0.4, 0.5) is 14.6 Å². The number of hydrogen-bond acceptors (Lipinski definition) is 7. The lowest BCUT2D eigenvalue weighted by molar-refractivity contribution is -0.138. The quantitative estimate of drug-likeness (QED) is 0.505. The molecule has 1 aliphatic heterocycles. The second-order valence-corrected chi connectivity index (χ2v) is 11.0. The van der Waals surface area contributed by atoms with Crippen LogP contribution in [0.5, 0.6) is 5.75 Å². The van der Waals surface area contributed by atoms with Crippen LogP contribution < -0.4 is 20.3 Å². The number of morpholine rings is 1. The van der Waals surface area contributed by atoms with Gasteiger partial charge in [-0.25, -0.2) is 13.8 Å². The Morgan fingerprint density at radius 2 is 1.82 bits per heavy atom. The average Bonchev–Trinajstić information content (AvgIpc) is 3.79. The Morgan fingerprint density at radius 3 is 2.55 bits per heavy atom. The summed E-state index contributed by atoms with van der Waals surface area (Å²) in [5, 5.41) is 6.41. The van der Waals surface area contributed by atoms with E-state index >= 15 is 4.39 Å². The van der Waals surface area contributed by atoms with Crippen LogP contribution >= 0.6 is 0 Å². The molecular formula is C29H33F2N5O4. The molecule has 1 unspecified atom stereocenters. The molecule has 3 aliphatic carbocycles. The van der Waals surface area contributed by atoms with Crippen LogP contribution in [0.1, 0.15) is 44.9 Å². The summed E-state index contributed by atoms with van der Waals surface area (Å²) in [5.74, 6) is -0.0374. The van der Waals surface area contributed by atoms with Crippen LogP contribution in [0.25, 0.3) is 10.9 Å². The van der Waals surface area contributed by atoms with E-state index in [-0.39, 0.29) is 17.7 Å². The number of halogens is 2. The number of hydrogen-bond donors (Lipinski definition) is 2. The van der Waals surface area contributed by atoms with E-state index in [0.717, 1.165) is 18.9 Å². The summed E-state index contributed by atoms with van der Waals surface area (Å²) < 4.78 is 39.9. The standard InChI is InChI=1S/C29H33F2N5O4/c30-18-1-3-19(4-2-18)34-27(37)29(8-9-29)28(38)35-20-5-6-25(22(31)15-20)40-24-7-10-32-23-16-26(33-17-21(23)24)36-11-13-39-14-12-36/h6-7,10,15-20H,1-5,8-9,11-14H2,(H,34,37)(H,35,38). The fourth-order valence-electron chi connectivity index (χ4n) is 5.54. The Balaban J connectivity index is 1.07. The molecule has 0 aromatic carbocycles. The Kier molecular flexibility index (Phi) is 7.39. The lowest BCUT2D eigenvalue weighted by atomic mass is 9.93. The van der Waals surface area contributed by atoms with Gasteiger partial charge in [-0.1, -0.05) is 0 Å². The molecule has 2 aromatic heterocycles. The topological polar surface area (TPSA) is 106 Å². The number of nitrogens with one attached hydrogen (secondary N) is 2. The van der Waals surface area contributed by atoms with Gasteiger partial charge in [0.2, 0.25) is 11.8 Å². The van der Waals surface area contributed by atoms with E-state index in [4.69, 9.17) is 9.47 Å². The summed E-state index contributed by atoms with van der Waals surface area (Å²) >= 11 is 0. The van der Waals surface area contributed by atoms with Gasteiger partial charge in [-0.05, 0) is 63.2 Å². The number of alkyl halides is 1. The van der Waals surface area contributed by atoms with Crippen molar-refractivity contribution in [3.8, 4) is 5.75 Å². The van der Waals surface area contributed by atoms with Crippen LogP contribution in [0.2, 0.25) is 0 Å². The van der Waals surface area contributed by atoms with Crippen molar-refractivity contribution >= 4 is 28.5 Å². The van der Waals surface area contributed by atoms with Crippen molar-refractivity contribution in [3.63, 3.8) is 0 Å². The van der Waals surface area contributed by atoms with Crippen LogP contribution in [-0.2, 0) is 14.3 Å². The number of aromatic nitrogens is 2. The number of ether oxygens (including phenoxy) is 2. The van der Waals surface area contributed by atoms with Gasteiger partial charge in [-0.3, -0.25) is 14.6 Å². The zero-order valence-electron chi connectivity index (χ0n) is 22.2. The molecule has 9 nitrogen and oxygen atoms in total. The molecule has 11 heteroatoms. The third kappa shape index (κ3) is 5.52. The number of anilines is 1. The number of amides is 2. The Hall–Kier alpha value is -3.60. The molecule has 4 aliphatic rings. The summed E-state index contributed by atoms with van der Waals surface area (Å²) in [6.07, 6.45) is 8.59. The van der Waals surface area contributed by atoms with E-state index in [1.807, 2.05) is 6.07 Å². The van der Waals surface area contributed by atoms with Gasteiger partial charge in [-0.15, -0.1) is 0 Å². The van der Waals surface area contributed by atoms with Crippen LogP contribution in [0, 0.1) is 5.41 Å². The van der Waals surface area contributed by atoms with Gasteiger partial charge in [0.25, 0.3) is 0 Å². The monoisotopic (exact) mass is 553 g/mol. The average molecular weight is 554 g/mol. The summed E-state index contributed by atoms with van der Waals surface area (Å²) in [4.78, 5) is 37.1. The van der Waals surface area contributed by atoms with E-state index < -0.39 is 29.4 Å². The van der Waals surface area contributed by atoms with Crippen molar-refractivity contribution in [2.45, 2.75) is 63.2 Å². The van der Waals surface area contributed by atoms with Gasteiger partial charge in [0.15, 0.2) is 11.6 Å². The predicted molar refractivity (Wildman–Crippen MR) is 144 cm³/mol. The largest absolute Gasteiger partial charge is 0.454 e. The Labute approximate surface area is 231 Å². The van der Waals surface area contributed by atoms with E-state index in [9.17, 15) is 14.0 Å². The third-order valence-electron chi connectivity index (χ3n) is 8.20. The molecule has 2 N–H and O–H groups in total. The van der Waals surface area contributed by atoms with E-state index in [1.54, 1.807) is 24.5 Å². The summed E-state index contributed by atoms with van der Waals surface area (Å²) in [7, 11) is 0. The van der Waals surface area contributed by atoms with E-state index in [2.05, 4.69) is 25.5 Å². The van der Waals surface area contributed by atoms with Crippen molar-refractivity contribution in [2.75, 3.05) is 31.2 Å². The molecule has 212 valence electrons. The number of allylic oxidation sites excluding steroid dienone is 1. The number of rotatable bonds is 7. The molecule has 2 amide bonds. The molecule has 6 rings (SSSR count). The summed E-state index contributed by atoms with van der Waals surface area (Å²) in [6, 6.07) is 2.84. The highest BCUT2D eigenvalue weighted by Crippen LogP contribution is 2.46. The molecule has 0 radical (unpaired) electrons. The molecule has 0 bridgehead atoms. The number of carbonyl (C=O) groups is 2. The van der Waals surface area contributed by atoms with Gasteiger partial charge in [0.05, 0.1) is 30.2 Å². The SMILES string of the molecule is O=C(NC1C=C(F)C(Oc2ccnc3cc(N4CCOCC4)ncc23)=CC1)C1(C(=O)NC2CCC(F)CC2)CC1. The molecule has 3 fully saturated rings. The highest BCUT2D eigenvalue weighted by Gasteiger charge is 2.57. The number of carbonyl (C=O) groups excluding carboxylic acids is 2. The van der Waals surface area contributed by atoms with Crippen molar-refractivity contribution < 1.29 is 27.8 Å². The molecule has 2 aromatic rings. The van der Waals surface area contributed by atoms with Gasteiger partial charge in [0.1, 0.15) is 23.2 Å². The second-order valence-electron chi connectivity index (χ2n) is 11.0. The predicted octanol–water partition coefficient (Wildman–Crippen LogP) is 3.65. The molecule has 2 saturated carbocycles. The van der Waals surface area contributed by atoms with E-state index in [1.165, 1.54) is 6.08 Å². The van der Waals surface area contributed by atoms with Crippen molar-refractivity contribution in [1.29, 1.82) is 0 Å². The molecule has 3 heterocycles. The lowest BCUT2D eigenvalue weighted by Crippen LogP contribution is -2.49. The van der Waals surface area contributed by atoms with Gasteiger partial charge in [-0.2, -0.15) is 0 Å². The zero-order chi connectivity index (χ0) is 27.7. The normalized spacial score (nSPS) is 25.9. The summed E-state index contributed by atoms with van der Waals surface area (Å²) in [6.45, 7) is 2.80. The smallest absolute Gasteiger partial charge is 0.236 e. The first-order chi connectivity index (χ1) is 19.4. The van der Waals surface area contributed by atoms with Crippen molar-refractivity contribution in [1.82, 2.24) is 20.6 Å². The molecule has 1 atom stereocenters. The molecule has 0 spiro atoms. The highest BCUT2D eigenvalue weighted by molar-refractivity contribution is 6.08. The van der Waals surface area contributed by atoms with E-state index in [0.29, 0.717) is 74.8 Å². The van der Waals surface area contributed by atoms with Crippen LogP contribution in [0.15, 0.2) is 48.3 Å². The first-order valence-electron chi connectivity index (χ1n) is 14.0. The van der Waals surface area contributed by atoms with Crippen LogP contribution in [0.3, 0.4) is 0 Å². The maximum Gasteiger partial charge on any atom is 0.236 e. The minimum Gasteiger partial charge on any atom is -0.454 e. The minimum absolute atomic E-state index is 0.0533. The Bertz CT molecular complexity index is 1350.